The van der Waals surface area contributed by atoms with Gasteiger partial charge in [0.05, 0.1) is 6.61 Å². The summed E-state index contributed by atoms with van der Waals surface area (Å²) in [6, 6.07) is 5.34. The highest BCUT2D eigenvalue weighted by Gasteiger charge is 2.00. The van der Waals surface area contributed by atoms with Gasteiger partial charge in [-0.25, -0.2) is 0 Å². The maximum Gasteiger partial charge on any atom is 0.0654 e. The Labute approximate surface area is 87.8 Å². The Balaban J connectivity index is 2.59. The molecule has 1 N–H and O–H groups in total. The molecule has 0 aliphatic carbocycles. The molecule has 72 valence electrons. The SMILES string of the molecule is CCONCc1cc(Cl)ccc1Cl. The molecule has 0 amide bonds. The van der Waals surface area contributed by atoms with Crippen molar-refractivity contribution < 1.29 is 4.84 Å². The van der Waals surface area contributed by atoms with Gasteiger partial charge in [0, 0.05) is 16.6 Å². The molecule has 0 aliphatic heterocycles. The van der Waals surface area contributed by atoms with E-state index >= 15 is 0 Å². The van der Waals surface area contributed by atoms with Gasteiger partial charge in [0.15, 0.2) is 0 Å². The molecule has 0 saturated carbocycles. The maximum absolute atomic E-state index is 5.92. The number of hydrogen-bond acceptors (Lipinski definition) is 2. The molecule has 0 spiro atoms. The van der Waals surface area contributed by atoms with Crippen molar-refractivity contribution in [1.82, 2.24) is 5.48 Å². The molecule has 0 unspecified atom stereocenters. The van der Waals surface area contributed by atoms with E-state index in [9.17, 15) is 0 Å². The van der Waals surface area contributed by atoms with E-state index in [1.54, 1.807) is 12.1 Å². The maximum atomic E-state index is 5.92. The van der Waals surface area contributed by atoms with Crippen LogP contribution in [0.25, 0.3) is 0 Å². The number of hydroxylamine groups is 1. The van der Waals surface area contributed by atoms with E-state index in [0.717, 1.165) is 5.56 Å². The van der Waals surface area contributed by atoms with Gasteiger partial charge in [-0.3, -0.25) is 0 Å². The van der Waals surface area contributed by atoms with E-state index in [-0.39, 0.29) is 0 Å². The molecule has 2 nitrogen and oxygen atoms in total. The van der Waals surface area contributed by atoms with E-state index in [0.29, 0.717) is 23.2 Å². The molecule has 1 aromatic rings. The Hall–Kier alpha value is -0.280. The van der Waals surface area contributed by atoms with Crippen molar-refractivity contribution in [2.24, 2.45) is 0 Å². The smallest absolute Gasteiger partial charge is 0.0654 e. The lowest BCUT2D eigenvalue weighted by atomic mass is 10.2. The highest BCUT2D eigenvalue weighted by atomic mass is 35.5. The zero-order valence-electron chi connectivity index (χ0n) is 7.31. The third-order valence-electron chi connectivity index (χ3n) is 1.52. The topological polar surface area (TPSA) is 21.3 Å². The van der Waals surface area contributed by atoms with Crippen LogP contribution in [0.1, 0.15) is 12.5 Å². The molecule has 0 aromatic heterocycles. The summed E-state index contributed by atoms with van der Waals surface area (Å²) in [5.74, 6) is 0. The fraction of sp³-hybridized carbons (Fsp3) is 0.333. The number of benzene rings is 1. The normalized spacial score (nSPS) is 10.4. The summed E-state index contributed by atoms with van der Waals surface area (Å²) in [5.41, 5.74) is 3.71. The molecule has 0 aliphatic rings. The van der Waals surface area contributed by atoms with Crippen molar-refractivity contribution in [3.8, 4) is 0 Å². The average Bonchev–Trinajstić information content (AvgIpc) is 2.11. The van der Waals surface area contributed by atoms with Gasteiger partial charge in [-0.05, 0) is 30.7 Å². The molecule has 0 saturated heterocycles. The number of rotatable bonds is 4. The van der Waals surface area contributed by atoms with E-state index in [1.165, 1.54) is 0 Å². The van der Waals surface area contributed by atoms with Crippen molar-refractivity contribution in [2.75, 3.05) is 6.61 Å². The van der Waals surface area contributed by atoms with Crippen LogP contribution in [0.4, 0.5) is 0 Å². The van der Waals surface area contributed by atoms with Gasteiger partial charge >= 0.3 is 0 Å². The molecule has 1 aromatic carbocycles. The van der Waals surface area contributed by atoms with Crippen molar-refractivity contribution in [2.45, 2.75) is 13.5 Å². The summed E-state index contributed by atoms with van der Waals surface area (Å²) >= 11 is 11.7. The number of nitrogens with one attached hydrogen (secondary N) is 1. The summed E-state index contributed by atoms with van der Waals surface area (Å²) in [5, 5.41) is 1.37. The van der Waals surface area contributed by atoms with Crippen molar-refractivity contribution in [1.29, 1.82) is 0 Å². The third-order valence-corrected chi connectivity index (χ3v) is 2.12. The molecule has 1 rings (SSSR count). The molecule has 13 heavy (non-hydrogen) atoms. The van der Waals surface area contributed by atoms with Gasteiger partial charge < -0.3 is 4.84 Å². The van der Waals surface area contributed by atoms with Crippen LogP contribution >= 0.6 is 23.2 Å². The lowest BCUT2D eigenvalue weighted by molar-refractivity contribution is 0.0463. The van der Waals surface area contributed by atoms with Crippen molar-refractivity contribution in [3.63, 3.8) is 0 Å². The Morgan fingerprint density at radius 2 is 2.15 bits per heavy atom. The average molecular weight is 220 g/mol. The predicted octanol–water partition coefficient (Wildman–Crippen LogP) is 3.03. The van der Waals surface area contributed by atoms with Crippen LogP contribution < -0.4 is 5.48 Å². The van der Waals surface area contributed by atoms with Gasteiger partial charge in [0.25, 0.3) is 0 Å². The third kappa shape index (κ3) is 3.53. The van der Waals surface area contributed by atoms with Gasteiger partial charge in [-0.15, -0.1) is 0 Å². The highest BCUT2D eigenvalue weighted by Crippen LogP contribution is 2.20. The number of halogens is 2. The van der Waals surface area contributed by atoms with Crippen molar-refractivity contribution >= 4 is 23.2 Å². The summed E-state index contributed by atoms with van der Waals surface area (Å²) in [7, 11) is 0. The Morgan fingerprint density at radius 3 is 2.85 bits per heavy atom. The molecular formula is C9H11Cl2NO. The first-order chi connectivity index (χ1) is 6.24. The lowest BCUT2D eigenvalue weighted by Gasteiger charge is -2.05. The summed E-state index contributed by atoms with van der Waals surface area (Å²) < 4.78 is 0. The van der Waals surface area contributed by atoms with Crippen LogP contribution in [-0.4, -0.2) is 6.61 Å². The zero-order valence-corrected chi connectivity index (χ0v) is 8.82. The second-order valence-corrected chi connectivity index (χ2v) is 3.33. The Morgan fingerprint density at radius 1 is 1.38 bits per heavy atom. The molecule has 0 bridgehead atoms. The van der Waals surface area contributed by atoms with Crippen LogP contribution in [0.3, 0.4) is 0 Å². The van der Waals surface area contributed by atoms with Crippen LogP contribution in [0.5, 0.6) is 0 Å². The summed E-state index contributed by atoms with van der Waals surface area (Å²) in [6.45, 7) is 3.10. The Kier molecular flexibility index (Phi) is 4.53. The van der Waals surface area contributed by atoms with E-state index in [4.69, 9.17) is 28.0 Å². The van der Waals surface area contributed by atoms with E-state index in [1.807, 2.05) is 13.0 Å². The second-order valence-electron chi connectivity index (χ2n) is 2.49. The second kappa shape index (κ2) is 5.45. The number of hydrogen-bond donors (Lipinski definition) is 1. The first kappa shape index (κ1) is 10.8. The van der Waals surface area contributed by atoms with Gasteiger partial charge in [-0.1, -0.05) is 23.2 Å². The fourth-order valence-electron chi connectivity index (χ4n) is 0.910. The first-order valence-corrected chi connectivity index (χ1v) is 4.78. The minimum absolute atomic E-state index is 0.563. The lowest BCUT2D eigenvalue weighted by Crippen LogP contribution is -2.13. The minimum atomic E-state index is 0.563. The van der Waals surface area contributed by atoms with Crippen LogP contribution in [0.15, 0.2) is 18.2 Å². The van der Waals surface area contributed by atoms with Gasteiger partial charge in [0.2, 0.25) is 0 Å². The molecule has 4 heteroatoms. The van der Waals surface area contributed by atoms with Crippen LogP contribution in [-0.2, 0) is 11.4 Å². The summed E-state index contributed by atoms with van der Waals surface area (Å²) in [6.07, 6.45) is 0. The van der Waals surface area contributed by atoms with Crippen LogP contribution in [0, 0.1) is 0 Å². The molecular weight excluding hydrogens is 209 g/mol. The highest BCUT2D eigenvalue weighted by molar-refractivity contribution is 6.33. The van der Waals surface area contributed by atoms with Crippen molar-refractivity contribution in [3.05, 3.63) is 33.8 Å². The molecule has 0 fully saturated rings. The van der Waals surface area contributed by atoms with E-state index in [2.05, 4.69) is 5.48 Å². The quantitative estimate of drug-likeness (QED) is 0.622. The first-order valence-electron chi connectivity index (χ1n) is 4.02. The summed E-state index contributed by atoms with van der Waals surface area (Å²) in [4.78, 5) is 4.98. The Bertz CT molecular complexity index is 278. The molecule has 0 radical (unpaired) electrons. The standard InChI is InChI=1S/C9H11Cl2NO/c1-2-13-12-6-7-5-8(10)3-4-9(7)11/h3-5,12H,2,6H2,1H3. The van der Waals surface area contributed by atoms with Gasteiger partial charge in [-0.2, -0.15) is 5.48 Å². The largest absolute Gasteiger partial charge is 0.302 e. The van der Waals surface area contributed by atoms with Crippen LogP contribution in [0.2, 0.25) is 10.0 Å². The predicted molar refractivity (Wildman–Crippen MR) is 54.9 cm³/mol. The monoisotopic (exact) mass is 219 g/mol. The van der Waals surface area contributed by atoms with E-state index < -0.39 is 0 Å². The molecule has 0 heterocycles. The zero-order chi connectivity index (χ0) is 9.68. The fourth-order valence-corrected chi connectivity index (χ4v) is 1.29. The molecule has 0 atom stereocenters. The van der Waals surface area contributed by atoms with Gasteiger partial charge in [0.1, 0.15) is 0 Å². The minimum Gasteiger partial charge on any atom is -0.302 e.